The van der Waals surface area contributed by atoms with Crippen LogP contribution in [0.3, 0.4) is 0 Å². The monoisotopic (exact) mass is 1890 g/mol. The van der Waals surface area contributed by atoms with Gasteiger partial charge in [0.15, 0.2) is 0 Å². The summed E-state index contributed by atoms with van der Waals surface area (Å²) >= 11 is 3.54. The Kier molecular flexibility index (Phi) is 47.6. The van der Waals surface area contributed by atoms with Gasteiger partial charge in [0.2, 0.25) is 0 Å². The van der Waals surface area contributed by atoms with Gasteiger partial charge in [-0.25, -0.2) is 13.2 Å². The summed E-state index contributed by atoms with van der Waals surface area (Å²) in [6.45, 7) is 56.2. The van der Waals surface area contributed by atoms with Crippen LogP contribution in [0.2, 0.25) is 0 Å². The lowest BCUT2D eigenvalue weighted by Gasteiger charge is -2.39. The van der Waals surface area contributed by atoms with Crippen LogP contribution in [-0.4, -0.2) is 201 Å². The predicted molar refractivity (Wildman–Crippen MR) is 569 cm³/mol. The van der Waals surface area contributed by atoms with Crippen LogP contribution < -0.4 is 0 Å². The Morgan fingerprint density at radius 2 is 0.713 bits per heavy atom. The number of carbonyl (C=O) groups excluding carboxylic acids is 1. The number of piperazine rings is 2. The molecule has 0 amide bonds. The highest BCUT2D eigenvalue weighted by atomic mass is 79.9. The largest absolute Gasteiger partial charge is 0.469 e. The second kappa shape index (κ2) is 60.5. The third kappa shape index (κ3) is 36.8. The lowest BCUT2D eigenvalue weighted by atomic mass is 9.87. The van der Waals surface area contributed by atoms with Gasteiger partial charge in [0.05, 0.1) is 19.2 Å². The molecule has 11 nitrogen and oxygen atoms in total. The molecule has 11 aromatic carbocycles. The van der Waals surface area contributed by atoms with E-state index in [9.17, 15) is 18.0 Å². The van der Waals surface area contributed by atoms with Crippen molar-refractivity contribution in [3.63, 3.8) is 0 Å². The molecule has 0 spiro atoms. The Hall–Kier alpha value is -11.0. The van der Waals surface area contributed by atoms with Gasteiger partial charge in [-0.05, 0) is 186 Å². The summed E-state index contributed by atoms with van der Waals surface area (Å²) in [6, 6.07) is 96.4. The number of aryl methyl sites for hydroxylation is 2. The predicted octanol–water partition coefficient (Wildman–Crippen LogP) is 25.2. The molecule has 5 heterocycles. The number of hydrogen-bond donors (Lipinski definition) is 0. The van der Waals surface area contributed by atoms with Gasteiger partial charge in [-0.1, -0.05) is 319 Å². The molecule has 0 radical (unpaired) electrons. The summed E-state index contributed by atoms with van der Waals surface area (Å²) in [5.41, 5.74) is 20.0. The van der Waals surface area contributed by atoms with Crippen molar-refractivity contribution in [1.29, 1.82) is 0 Å². The Bertz CT molecular complexity index is 5140. The van der Waals surface area contributed by atoms with Crippen molar-refractivity contribution in [2.24, 2.45) is 0 Å². The molecule has 0 saturated carbocycles. The summed E-state index contributed by atoms with van der Waals surface area (Å²) in [7, 11) is 1.39. The number of ether oxygens (including phenoxy) is 1. The number of carbonyl (C=O) groups is 1. The van der Waals surface area contributed by atoms with E-state index in [1.165, 1.54) is 149 Å². The zero-order valence-electron chi connectivity index (χ0n) is 81.1. The maximum atomic E-state index is 13.3. The molecule has 3 fully saturated rings. The first-order valence-corrected chi connectivity index (χ1v) is 49.6. The van der Waals surface area contributed by atoms with Crippen LogP contribution in [0, 0.1) is 31.3 Å². The molecule has 0 N–H and O–H groups in total. The number of esters is 1. The first-order chi connectivity index (χ1) is 66.5. The maximum absolute atomic E-state index is 13.3. The molecular formula is C121H147BrF3N9O2. The van der Waals surface area contributed by atoms with E-state index in [2.05, 4.69) is 337 Å². The van der Waals surface area contributed by atoms with Crippen molar-refractivity contribution in [3.8, 4) is 0 Å². The van der Waals surface area contributed by atoms with E-state index in [0.717, 1.165) is 184 Å². The number of halogens is 4. The van der Waals surface area contributed by atoms with Crippen LogP contribution in [0.4, 0.5) is 13.2 Å². The summed E-state index contributed by atoms with van der Waals surface area (Å²) in [5.74, 6) is -0.0149. The van der Waals surface area contributed by atoms with Crippen molar-refractivity contribution in [3.05, 3.63) is 479 Å². The van der Waals surface area contributed by atoms with Gasteiger partial charge in [-0.3, -0.25) is 48.9 Å². The fourth-order valence-electron chi connectivity index (χ4n) is 18.6. The van der Waals surface area contributed by atoms with Crippen LogP contribution in [0.15, 0.2) is 378 Å². The van der Waals surface area contributed by atoms with Gasteiger partial charge >= 0.3 is 5.97 Å². The smallest absolute Gasteiger partial charge is 0.305 e. The van der Waals surface area contributed by atoms with E-state index in [4.69, 9.17) is 0 Å². The van der Waals surface area contributed by atoms with E-state index >= 15 is 0 Å². The number of benzene rings is 11. The topological polar surface area (TPSA) is 55.5 Å². The van der Waals surface area contributed by atoms with Crippen LogP contribution in [0.25, 0.3) is 0 Å². The standard InChI is InChI=1S/C20H22BrN.C20H22F2N2.C20H24N2.C20H23N.C17H19N.C15H20FNO2.C9H17N/c1-3-11-22-12-10-17-5-4-15(2)13-19(17)20(14-22)16-6-8-18(21)9-7-16;1-2-11-23-12-14-24(15-13-23)20(16-3-7-18(21)8-4-16)17-5-9-19(22)10-6-17;1-2-13-21-14-16-22(17-15-21)20(18-9-5-3-6-10-18)19-11-7-4-8-12-19;1-3-12-21-13-11-18-10-9-16(2)14-19(18)20(15-21)17-7-5-4-6-8-17;1-2-13-18(14-16-9-5-3-6-10-16)15-17-11-7-4-8-12-17;1-3-10-17(11-4-5-15(18)19-2)12-13-6-8-14(16)9-7-13;1-2-7-10-8-5-3-4-6-9-10/h3-9,13,20H,1,10-12,14H2,2H3;2-10,20H,1,11-15H2;2-12,20H,1,13-17H2;3-10,14,20H,1,11-13,15H2,2H3;2-12H,1,13-15H2;3,6-9H,1,4-5,10-12H2,2H3;2H,1,3-9H2. The summed E-state index contributed by atoms with van der Waals surface area (Å²) < 4.78 is 45.2. The minimum absolute atomic E-state index is 0.0112. The molecule has 16 rings (SSSR count). The fraction of sp³-hybridized carbons (Fsp3) is 0.331. The minimum Gasteiger partial charge on any atom is -0.469 e. The van der Waals surface area contributed by atoms with Crippen LogP contribution in [0.1, 0.15) is 146 Å². The minimum atomic E-state index is -0.243. The zero-order valence-corrected chi connectivity index (χ0v) is 82.7. The quantitative estimate of drug-likeness (QED) is 0.0299. The number of methoxy groups -OCH3 is 1. The first-order valence-electron chi connectivity index (χ1n) is 48.8. The molecule has 136 heavy (non-hydrogen) atoms. The first kappa shape index (κ1) is 107. The molecule has 0 aliphatic carbocycles. The third-order valence-corrected chi connectivity index (χ3v) is 26.1. The third-order valence-electron chi connectivity index (χ3n) is 25.6. The highest BCUT2D eigenvalue weighted by molar-refractivity contribution is 9.10. The molecule has 2 atom stereocenters. The number of hydrogen-bond acceptors (Lipinski definition) is 11. The van der Waals surface area contributed by atoms with Gasteiger partial charge < -0.3 is 4.74 Å². The zero-order chi connectivity index (χ0) is 96.3. The van der Waals surface area contributed by atoms with Crippen molar-refractivity contribution in [2.75, 3.05) is 151 Å². The molecule has 5 aliphatic rings. The van der Waals surface area contributed by atoms with Crippen LogP contribution in [0.5, 0.6) is 0 Å². The van der Waals surface area contributed by atoms with Crippen molar-refractivity contribution < 1.29 is 22.7 Å². The van der Waals surface area contributed by atoms with Gasteiger partial charge in [0.25, 0.3) is 0 Å². The SMILES string of the molecule is C=CCN(CCCC(=O)OC)Cc1ccc(F)cc1.C=CCN(Cc1ccccc1)Cc1ccccc1.C=CCN1CCCCCC1.C=CCN1CCN(C(c2ccc(F)cc2)c2ccc(F)cc2)CC1.C=CCN1CCN(C(c2ccccc2)c2ccccc2)CC1.C=CCN1CCc2ccc(C)cc2C(c2ccc(Br)cc2)C1.C=CCN1CCc2ccc(C)cc2C(c2ccccc2)C1. The van der Waals surface area contributed by atoms with E-state index in [1.54, 1.807) is 12.1 Å². The molecule has 5 aliphatic heterocycles. The van der Waals surface area contributed by atoms with E-state index < -0.39 is 0 Å². The van der Waals surface area contributed by atoms with Gasteiger partial charge in [0, 0.05) is 167 Å². The Labute approximate surface area is 822 Å². The van der Waals surface area contributed by atoms with E-state index in [1.807, 2.05) is 66.8 Å². The Morgan fingerprint density at radius 1 is 0.375 bits per heavy atom. The number of nitrogens with zero attached hydrogens (tertiary/aromatic N) is 9. The molecule has 0 aromatic heterocycles. The molecular weight excluding hydrogens is 1750 g/mol. The second-order valence-electron chi connectivity index (χ2n) is 35.8. The van der Waals surface area contributed by atoms with Crippen LogP contribution in [-0.2, 0) is 42.0 Å². The van der Waals surface area contributed by atoms with Gasteiger partial charge in [-0.15, -0.1) is 46.1 Å². The molecule has 15 heteroatoms. The molecule has 3 saturated heterocycles. The molecule has 11 aromatic rings. The van der Waals surface area contributed by atoms with E-state index in [0.29, 0.717) is 30.8 Å². The lowest BCUT2D eigenvalue weighted by molar-refractivity contribution is -0.140. The number of rotatable bonds is 32. The number of fused-ring (bicyclic) bond motifs is 2. The maximum Gasteiger partial charge on any atom is 0.305 e. The number of likely N-dealkylation sites (tertiary alicyclic amines) is 1. The highest BCUT2D eigenvalue weighted by Gasteiger charge is 2.30. The van der Waals surface area contributed by atoms with Crippen LogP contribution >= 0.6 is 15.9 Å². The molecule has 2 unspecified atom stereocenters. The van der Waals surface area contributed by atoms with Gasteiger partial charge in [-0.2, -0.15) is 0 Å². The fourth-order valence-corrected chi connectivity index (χ4v) is 18.8. The summed E-state index contributed by atoms with van der Waals surface area (Å²) in [5, 5.41) is 0. The second-order valence-corrected chi connectivity index (χ2v) is 36.7. The van der Waals surface area contributed by atoms with Crippen molar-refractivity contribution >= 4 is 21.9 Å². The summed E-state index contributed by atoms with van der Waals surface area (Å²) in [6.07, 6.45) is 22.8. The lowest BCUT2D eigenvalue weighted by Crippen LogP contribution is -2.47. The average Bonchev–Trinajstić information content (AvgIpc) is 1.65. The van der Waals surface area contributed by atoms with E-state index in [-0.39, 0.29) is 29.5 Å². The molecule has 716 valence electrons. The molecule has 0 bridgehead atoms. The Balaban J connectivity index is 0.000000166. The van der Waals surface area contributed by atoms with Gasteiger partial charge in [0.1, 0.15) is 17.5 Å². The average molecular weight is 1900 g/mol. The van der Waals surface area contributed by atoms with Crippen molar-refractivity contribution in [1.82, 2.24) is 44.1 Å². The normalized spacial score (nSPS) is 16.0. The Morgan fingerprint density at radius 3 is 1.10 bits per heavy atom. The summed E-state index contributed by atoms with van der Waals surface area (Å²) in [4.78, 5) is 32.9. The highest BCUT2D eigenvalue weighted by Crippen LogP contribution is 2.37. The van der Waals surface area contributed by atoms with Crippen molar-refractivity contribution in [2.45, 2.75) is 109 Å².